The summed E-state index contributed by atoms with van der Waals surface area (Å²) in [5.41, 5.74) is -1.15. The fourth-order valence-corrected chi connectivity index (χ4v) is 2.44. The number of hydrogen-bond donors (Lipinski definition) is 1. The molecule has 1 N–H and O–H groups in total. The lowest BCUT2D eigenvalue weighted by Gasteiger charge is -2.29. The number of carbonyl (C=O) groups excluding carboxylic acids is 3. The molecule has 9 nitrogen and oxygen atoms in total. The van der Waals surface area contributed by atoms with Crippen molar-refractivity contribution < 1.29 is 41.6 Å². The van der Waals surface area contributed by atoms with Gasteiger partial charge in [0.15, 0.2) is 0 Å². The molecule has 0 aliphatic carbocycles. The summed E-state index contributed by atoms with van der Waals surface area (Å²) in [7, 11) is -4.08. The van der Waals surface area contributed by atoms with E-state index in [9.17, 15) is 22.8 Å². The van der Waals surface area contributed by atoms with Crippen LogP contribution in [-0.4, -0.2) is 56.5 Å². The van der Waals surface area contributed by atoms with Gasteiger partial charge in [0.25, 0.3) is 10.1 Å². The van der Waals surface area contributed by atoms with E-state index in [1.807, 2.05) is 0 Å². The summed E-state index contributed by atoms with van der Waals surface area (Å²) in [5.74, 6) is -2.61. The molecule has 0 bridgehead atoms. The molecule has 0 unspecified atom stereocenters. The Morgan fingerprint density at radius 3 is 1.75 bits per heavy atom. The third-order valence-corrected chi connectivity index (χ3v) is 4.60. The number of esters is 3. The fourth-order valence-electron chi connectivity index (χ4n) is 1.87. The maximum absolute atomic E-state index is 12.6. The topological polar surface area (TPSA) is 133 Å². The second-order valence-corrected chi connectivity index (χ2v) is 8.05. The highest BCUT2D eigenvalue weighted by Crippen LogP contribution is 2.26. The number of ether oxygens (including phenoxy) is 3. The summed E-state index contributed by atoms with van der Waals surface area (Å²) in [6.45, 7) is 10.6. The summed E-state index contributed by atoms with van der Waals surface area (Å²) in [5, 5.41) is 0. The van der Waals surface area contributed by atoms with Crippen LogP contribution in [0.3, 0.4) is 0 Å². The number of carbonyl (C=O) groups is 3. The molecule has 0 aromatic heterocycles. The molecule has 0 radical (unpaired) electrons. The molecule has 10 heteroatoms. The molecule has 0 aliphatic heterocycles. The molecule has 0 aromatic rings. The molecule has 0 atom stereocenters. The summed E-state index contributed by atoms with van der Waals surface area (Å²) in [6, 6.07) is 0. The van der Waals surface area contributed by atoms with E-state index in [0.717, 1.165) is 0 Å². The van der Waals surface area contributed by atoms with Crippen molar-refractivity contribution in [3.8, 4) is 0 Å². The second-order valence-electron chi connectivity index (χ2n) is 6.48. The first-order chi connectivity index (χ1) is 12.8. The Balaban J connectivity index is 5.07. The van der Waals surface area contributed by atoms with Crippen LogP contribution in [0.1, 0.15) is 40.0 Å². The van der Waals surface area contributed by atoms with Crippen LogP contribution in [0.25, 0.3) is 0 Å². The Morgan fingerprint density at radius 2 is 1.39 bits per heavy atom. The summed E-state index contributed by atoms with van der Waals surface area (Å²) in [6.07, 6.45) is 0.437. The zero-order valence-electron chi connectivity index (χ0n) is 16.5. The average molecular weight is 420 g/mol. The van der Waals surface area contributed by atoms with Gasteiger partial charge in [-0.3, -0.25) is 9.35 Å². The maximum atomic E-state index is 12.6. The largest absolute Gasteiger partial charge is 0.465 e. The van der Waals surface area contributed by atoms with Crippen molar-refractivity contribution in [3.63, 3.8) is 0 Å². The molecule has 0 amide bonds. The van der Waals surface area contributed by atoms with Crippen molar-refractivity contribution in [2.24, 2.45) is 5.41 Å². The van der Waals surface area contributed by atoms with E-state index >= 15 is 0 Å². The SMILES string of the molecule is C=C(C)C(=O)OCC(CC)(COC(=O)C(=C)C)C(=O)OCCCCS(=O)(=O)O. The molecule has 0 rings (SSSR count). The molecule has 28 heavy (non-hydrogen) atoms. The quantitative estimate of drug-likeness (QED) is 0.156. The molecule has 0 spiro atoms. The minimum atomic E-state index is -4.08. The van der Waals surface area contributed by atoms with Crippen molar-refractivity contribution in [1.29, 1.82) is 0 Å². The van der Waals surface area contributed by atoms with E-state index < -0.39 is 39.2 Å². The first-order valence-electron chi connectivity index (χ1n) is 8.62. The summed E-state index contributed by atoms with van der Waals surface area (Å²) >= 11 is 0. The van der Waals surface area contributed by atoms with Gasteiger partial charge in [0, 0.05) is 11.1 Å². The minimum Gasteiger partial charge on any atom is -0.465 e. The molecule has 0 saturated heterocycles. The van der Waals surface area contributed by atoms with E-state index in [2.05, 4.69) is 13.2 Å². The molecule has 0 heterocycles. The standard InChI is InChI=1S/C18H28O9S/c1-6-18(11-26-15(19)13(2)3,12-27-16(20)14(4)5)17(21)25-9-7-8-10-28(22,23)24/h2,4,6-12H2,1,3,5H3,(H,22,23,24). The van der Waals surface area contributed by atoms with Gasteiger partial charge >= 0.3 is 17.9 Å². The predicted molar refractivity (Wildman–Crippen MR) is 101 cm³/mol. The van der Waals surface area contributed by atoms with E-state index in [1.54, 1.807) is 6.92 Å². The zero-order chi connectivity index (χ0) is 22.0. The first-order valence-corrected chi connectivity index (χ1v) is 10.2. The average Bonchev–Trinajstić information content (AvgIpc) is 2.59. The number of hydrogen-bond acceptors (Lipinski definition) is 8. The maximum Gasteiger partial charge on any atom is 0.333 e. The van der Waals surface area contributed by atoms with Crippen molar-refractivity contribution in [2.45, 2.75) is 40.0 Å². The van der Waals surface area contributed by atoms with Gasteiger partial charge in [0.1, 0.15) is 18.6 Å². The molecule has 0 aliphatic rings. The second kappa shape index (κ2) is 11.6. The Hall–Kier alpha value is -2.20. The van der Waals surface area contributed by atoms with Crippen LogP contribution >= 0.6 is 0 Å². The van der Waals surface area contributed by atoms with Crippen molar-refractivity contribution >= 4 is 28.0 Å². The van der Waals surface area contributed by atoms with Gasteiger partial charge in [-0.05, 0) is 33.1 Å². The van der Waals surface area contributed by atoms with Crippen LogP contribution in [0.4, 0.5) is 0 Å². The Morgan fingerprint density at radius 1 is 0.929 bits per heavy atom. The minimum absolute atomic E-state index is 0.0977. The van der Waals surface area contributed by atoms with Crippen LogP contribution in [0, 0.1) is 5.41 Å². The van der Waals surface area contributed by atoms with Crippen LogP contribution in [-0.2, 0) is 38.7 Å². The molecule has 160 valence electrons. The fraction of sp³-hybridized carbons (Fsp3) is 0.611. The summed E-state index contributed by atoms with van der Waals surface area (Å²) in [4.78, 5) is 36.0. The lowest BCUT2D eigenvalue weighted by molar-refractivity contribution is -0.170. The molecular formula is C18H28O9S. The van der Waals surface area contributed by atoms with E-state index in [-0.39, 0.29) is 50.2 Å². The van der Waals surface area contributed by atoms with Crippen LogP contribution in [0.2, 0.25) is 0 Å². The van der Waals surface area contributed by atoms with Gasteiger partial charge < -0.3 is 14.2 Å². The smallest absolute Gasteiger partial charge is 0.333 e. The third kappa shape index (κ3) is 9.65. The lowest BCUT2D eigenvalue weighted by atomic mass is 9.87. The predicted octanol–water partition coefficient (Wildman–Crippen LogP) is 1.83. The lowest BCUT2D eigenvalue weighted by Crippen LogP contribution is -2.42. The van der Waals surface area contributed by atoms with Gasteiger partial charge in [0.2, 0.25) is 0 Å². The molecule has 0 saturated carbocycles. The first kappa shape index (κ1) is 25.8. The van der Waals surface area contributed by atoms with Crippen molar-refractivity contribution in [2.75, 3.05) is 25.6 Å². The van der Waals surface area contributed by atoms with Crippen molar-refractivity contribution in [1.82, 2.24) is 0 Å². The van der Waals surface area contributed by atoms with Gasteiger partial charge in [0.05, 0.1) is 12.4 Å². The molecular weight excluding hydrogens is 392 g/mol. The highest BCUT2D eigenvalue weighted by Gasteiger charge is 2.42. The van der Waals surface area contributed by atoms with E-state index in [4.69, 9.17) is 18.8 Å². The monoisotopic (exact) mass is 420 g/mol. The van der Waals surface area contributed by atoms with E-state index in [1.165, 1.54) is 13.8 Å². The summed E-state index contributed by atoms with van der Waals surface area (Å²) < 4.78 is 45.4. The van der Waals surface area contributed by atoms with Crippen LogP contribution in [0.15, 0.2) is 24.3 Å². The van der Waals surface area contributed by atoms with Gasteiger partial charge in [-0.15, -0.1) is 0 Å². The zero-order valence-corrected chi connectivity index (χ0v) is 17.3. The normalized spacial score (nSPS) is 11.4. The van der Waals surface area contributed by atoms with Crippen molar-refractivity contribution in [3.05, 3.63) is 24.3 Å². The third-order valence-electron chi connectivity index (χ3n) is 3.80. The van der Waals surface area contributed by atoms with Crippen LogP contribution in [0.5, 0.6) is 0 Å². The Kier molecular flexibility index (Phi) is 10.7. The van der Waals surface area contributed by atoms with Gasteiger partial charge in [-0.2, -0.15) is 8.42 Å². The highest BCUT2D eigenvalue weighted by atomic mass is 32.2. The van der Waals surface area contributed by atoms with Gasteiger partial charge in [-0.1, -0.05) is 20.1 Å². The number of unbranched alkanes of at least 4 members (excludes halogenated alkanes) is 1. The van der Waals surface area contributed by atoms with Crippen LogP contribution < -0.4 is 0 Å². The molecule has 0 fully saturated rings. The Labute approximate surface area is 165 Å². The molecule has 0 aromatic carbocycles. The highest BCUT2D eigenvalue weighted by molar-refractivity contribution is 7.85. The number of rotatable bonds is 13. The van der Waals surface area contributed by atoms with E-state index in [0.29, 0.717) is 0 Å². The Bertz CT molecular complexity index is 677. The van der Waals surface area contributed by atoms with Gasteiger partial charge in [-0.25, -0.2) is 9.59 Å².